The van der Waals surface area contributed by atoms with E-state index in [1.807, 2.05) is 6.92 Å². The Morgan fingerprint density at radius 1 is 1.33 bits per heavy atom. The first kappa shape index (κ1) is 20.9. The number of carbonyl (C=O) groups is 1. The maximum Gasteiger partial charge on any atom is 0.328 e. The van der Waals surface area contributed by atoms with Gasteiger partial charge in [0.1, 0.15) is 29.5 Å². The molecule has 6 nitrogen and oxygen atoms in total. The van der Waals surface area contributed by atoms with Crippen molar-refractivity contribution in [1.82, 2.24) is 10.6 Å². The molecule has 1 saturated heterocycles. The van der Waals surface area contributed by atoms with E-state index in [9.17, 15) is 13.6 Å². The Kier molecular flexibility index (Phi) is 6.98. The fourth-order valence-electron chi connectivity index (χ4n) is 2.90. The van der Waals surface area contributed by atoms with E-state index in [2.05, 4.69) is 15.6 Å². The highest BCUT2D eigenvalue weighted by Crippen LogP contribution is 2.26. The second-order valence-corrected chi connectivity index (χ2v) is 7.43. The quantitative estimate of drug-likeness (QED) is 0.465. The Balaban J connectivity index is 1.97. The third-order valence-corrected chi connectivity index (χ3v) is 3.91. The minimum Gasteiger partial charge on any atom is -0.459 e. The summed E-state index contributed by atoms with van der Waals surface area (Å²) in [6, 6.07) is 3.82. The Labute approximate surface area is 159 Å². The van der Waals surface area contributed by atoms with Gasteiger partial charge < -0.3 is 20.3 Å². The third-order valence-electron chi connectivity index (χ3n) is 3.91. The van der Waals surface area contributed by atoms with E-state index in [1.54, 1.807) is 25.7 Å². The zero-order chi connectivity index (χ0) is 20.0. The molecule has 1 fully saturated rings. The summed E-state index contributed by atoms with van der Waals surface area (Å²) in [5.74, 6) is -1.08. The number of anilines is 1. The Hall–Kier alpha value is -2.38. The van der Waals surface area contributed by atoms with Gasteiger partial charge in [-0.25, -0.2) is 13.8 Å². The van der Waals surface area contributed by atoms with E-state index in [4.69, 9.17) is 4.74 Å². The van der Waals surface area contributed by atoms with Crippen molar-refractivity contribution in [3.05, 3.63) is 29.8 Å². The highest BCUT2D eigenvalue weighted by Gasteiger charge is 2.27. The van der Waals surface area contributed by atoms with Crippen LogP contribution in [0.5, 0.6) is 0 Å². The predicted molar refractivity (Wildman–Crippen MR) is 102 cm³/mol. The zero-order valence-electron chi connectivity index (χ0n) is 16.3. The van der Waals surface area contributed by atoms with E-state index >= 15 is 0 Å². The normalized spacial score (nSPS) is 17.8. The van der Waals surface area contributed by atoms with Crippen molar-refractivity contribution in [2.75, 3.05) is 31.1 Å². The van der Waals surface area contributed by atoms with Gasteiger partial charge in [-0.2, -0.15) is 0 Å². The Bertz CT molecular complexity index is 669. The molecule has 1 aliphatic heterocycles. The van der Waals surface area contributed by atoms with Crippen LogP contribution in [0.2, 0.25) is 0 Å². The molecule has 0 aromatic heterocycles. The molecule has 0 bridgehead atoms. The molecule has 8 heteroatoms. The number of nitrogens with one attached hydrogen (secondary N) is 2. The molecule has 1 heterocycles. The van der Waals surface area contributed by atoms with Gasteiger partial charge in [0.2, 0.25) is 0 Å². The first-order valence-electron chi connectivity index (χ1n) is 9.15. The minimum absolute atomic E-state index is 0.00232. The van der Waals surface area contributed by atoms with Gasteiger partial charge in [-0.05, 0) is 46.2 Å². The van der Waals surface area contributed by atoms with Crippen molar-refractivity contribution in [2.45, 2.75) is 45.8 Å². The summed E-state index contributed by atoms with van der Waals surface area (Å²) in [5.41, 5.74) is -0.564. The standard InChI is InChI=1S/C19H28F2N4O2/c1-5-22-18(23-11-16(26)27-19(2,3)4)24-13-9-10-25(12-13)17-14(20)7-6-8-15(17)21/h6-8,13H,5,9-12H2,1-4H3,(H2,22,23,24). The van der Waals surface area contributed by atoms with Crippen LogP contribution in [0.4, 0.5) is 14.5 Å². The van der Waals surface area contributed by atoms with E-state index in [-0.39, 0.29) is 18.3 Å². The van der Waals surface area contributed by atoms with E-state index in [0.29, 0.717) is 32.0 Å². The summed E-state index contributed by atoms with van der Waals surface area (Å²) < 4.78 is 33.2. The summed E-state index contributed by atoms with van der Waals surface area (Å²) >= 11 is 0. The van der Waals surface area contributed by atoms with Crippen LogP contribution in [0.15, 0.2) is 23.2 Å². The lowest BCUT2D eigenvalue weighted by atomic mass is 10.2. The van der Waals surface area contributed by atoms with Crippen LogP contribution in [0.1, 0.15) is 34.1 Å². The summed E-state index contributed by atoms with van der Waals surface area (Å²) in [4.78, 5) is 17.8. The fourth-order valence-corrected chi connectivity index (χ4v) is 2.90. The lowest BCUT2D eigenvalue weighted by molar-refractivity contribution is -0.152. The number of hydrogen-bond donors (Lipinski definition) is 2. The number of halogens is 2. The van der Waals surface area contributed by atoms with Gasteiger partial charge in [0, 0.05) is 25.7 Å². The van der Waals surface area contributed by atoms with Crippen LogP contribution in [0.3, 0.4) is 0 Å². The molecule has 1 atom stereocenters. The number of benzene rings is 1. The maximum atomic E-state index is 14.0. The number of nitrogens with zero attached hydrogens (tertiary/aromatic N) is 2. The Morgan fingerprint density at radius 3 is 2.59 bits per heavy atom. The second kappa shape index (κ2) is 9.01. The monoisotopic (exact) mass is 382 g/mol. The number of para-hydroxylation sites is 1. The van der Waals surface area contributed by atoms with E-state index in [1.165, 1.54) is 18.2 Å². The number of carbonyl (C=O) groups excluding carboxylic acids is 1. The van der Waals surface area contributed by atoms with Gasteiger partial charge in [-0.15, -0.1) is 0 Å². The van der Waals surface area contributed by atoms with E-state index in [0.717, 1.165) is 0 Å². The molecule has 27 heavy (non-hydrogen) atoms. The number of ether oxygens (including phenoxy) is 1. The van der Waals surface area contributed by atoms with Gasteiger partial charge in [-0.3, -0.25) is 4.79 Å². The molecule has 1 aliphatic rings. The molecule has 0 spiro atoms. The van der Waals surface area contributed by atoms with Crippen LogP contribution >= 0.6 is 0 Å². The number of hydrogen-bond acceptors (Lipinski definition) is 4. The average molecular weight is 382 g/mol. The summed E-state index contributed by atoms with van der Waals surface area (Å²) in [5, 5.41) is 6.29. The number of guanidine groups is 1. The molecule has 1 aromatic carbocycles. The molecule has 0 aliphatic carbocycles. The van der Waals surface area contributed by atoms with Crippen molar-refractivity contribution < 1.29 is 18.3 Å². The summed E-state index contributed by atoms with van der Waals surface area (Å²) in [6.07, 6.45) is 0.699. The topological polar surface area (TPSA) is 66.0 Å². The summed E-state index contributed by atoms with van der Waals surface area (Å²) in [7, 11) is 0. The molecule has 2 rings (SSSR count). The third kappa shape index (κ3) is 6.37. The molecule has 150 valence electrons. The molecule has 2 N–H and O–H groups in total. The lowest BCUT2D eigenvalue weighted by Gasteiger charge is -2.21. The lowest BCUT2D eigenvalue weighted by Crippen LogP contribution is -2.45. The first-order chi connectivity index (χ1) is 12.7. The molecular weight excluding hydrogens is 354 g/mol. The van der Waals surface area contributed by atoms with Gasteiger partial charge in [0.25, 0.3) is 0 Å². The fraction of sp³-hybridized carbons (Fsp3) is 0.579. The average Bonchev–Trinajstić information content (AvgIpc) is 2.99. The van der Waals surface area contributed by atoms with Gasteiger partial charge in [-0.1, -0.05) is 6.07 Å². The van der Waals surface area contributed by atoms with Gasteiger partial charge >= 0.3 is 5.97 Å². The molecule has 1 aromatic rings. The predicted octanol–water partition coefficient (Wildman–Crippen LogP) is 2.44. The number of aliphatic imine (C=N–C) groups is 1. The SMILES string of the molecule is CCNC(=NCC(=O)OC(C)(C)C)NC1CCN(c2c(F)cccc2F)C1. The van der Waals surface area contributed by atoms with Crippen LogP contribution in [0.25, 0.3) is 0 Å². The zero-order valence-corrected chi connectivity index (χ0v) is 16.3. The number of esters is 1. The van der Waals surface area contributed by atoms with Crippen LogP contribution in [-0.2, 0) is 9.53 Å². The van der Waals surface area contributed by atoms with Gasteiger partial charge in [0.05, 0.1) is 0 Å². The molecule has 0 saturated carbocycles. The van der Waals surface area contributed by atoms with Crippen LogP contribution in [-0.4, -0.2) is 49.8 Å². The van der Waals surface area contributed by atoms with Crippen LogP contribution < -0.4 is 15.5 Å². The van der Waals surface area contributed by atoms with E-state index < -0.39 is 23.2 Å². The van der Waals surface area contributed by atoms with Crippen molar-refractivity contribution in [3.63, 3.8) is 0 Å². The molecule has 1 unspecified atom stereocenters. The molecule has 0 radical (unpaired) electrons. The van der Waals surface area contributed by atoms with Crippen molar-refractivity contribution in [2.24, 2.45) is 4.99 Å². The first-order valence-corrected chi connectivity index (χ1v) is 9.15. The van der Waals surface area contributed by atoms with Crippen LogP contribution in [0, 0.1) is 11.6 Å². The van der Waals surface area contributed by atoms with Crippen molar-refractivity contribution >= 4 is 17.6 Å². The number of rotatable bonds is 5. The highest BCUT2D eigenvalue weighted by molar-refractivity contribution is 5.83. The smallest absolute Gasteiger partial charge is 0.328 e. The van der Waals surface area contributed by atoms with Gasteiger partial charge in [0.15, 0.2) is 5.96 Å². The largest absolute Gasteiger partial charge is 0.459 e. The maximum absolute atomic E-state index is 14.0. The molecule has 0 amide bonds. The Morgan fingerprint density at radius 2 is 2.00 bits per heavy atom. The minimum atomic E-state index is -0.568. The highest BCUT2D eigenvalue weighted by atomic mass is 19.1. The van der Waals surface area contributed by atoms with Crippen molar-refractivity contribution in [1.29, 1.82) is 0 Å². The second-order valence-electron chi connectivity index (χ2n) is 7.43. The summed E-state index contributed by atoms with van der Waals surface area (Å²) in [6.45, 7) is 8.80. The van der Waals surface area contributed by atoms with Crippen molar-refractivity contribution in [3.8, 4) is 0 Å². The molecular formula is C19H28F2N4O2.